The number of hydrogen-bond donors (Lipinski definition) is 0. The molecule has 0 amide bonds. The summed E-state index contributed by atoms with van der Waals surface area (Å²) in [4.78, 5) is 30.1. The molecule has 0 aliphatic carbocycles. The van der Waals surface area contributed by atoms with Gasteiger partial charge in [0, 0.05) is 18.8 Å². The van der Waals surface area contributed by atoms with Gasteiger partial charge in [0.25, 0.3) is 0 Å². The topological polar surface area (TPSA) is 61.2 Å². The molecule has 156 valence electrons. The molecule has 1 aliphatic heterocycles. The SMILES string of the molecule is CC1(C(=O)Cc2ncc(-c3cccc(OC(F)(F)F)c3)s2)CCC(=O)c2cccn21. The van der Waals surface area contributed by atoms with Gasteiger partial charge in [0.2, 0.25) is 0 Å². The van der Waals surface area contributed by atoms with E-state index in [1.165, 1.54) is 35.7 Å². The highest BCUT2D eigenvalue weighted by atomic mass is 32.1. The van der Waals surface area contributed by atoms with Crippen molar-refractivity contribution in [1.29, 1.82) is 0 Å². The second kappa shape index (κ2) is 7.39. The first-order valence-corrected chi connectivity index (χ1v) is 10.0. The van der Waals surface area contributed by atoms with E-state index in [4.69, 9.17) is 0 Å². The maximum absolute atomic E-state index is 13.1. The molecule has 2 aromatic heterocycles. The molecule has 1 unspecified atom stereocenters. The van der Waals surface area contributed by atoms with Gasteiger partial charge in [0.15, 0.2) is 11.6 Å². The van der Waals surface area contributed by atoms with Gasteiger partial charge in [-0.15, -0.1) is 24.5 Å². The van der Waals surface area contributed by atoms with Crippen molar-refractivity contribution in [2.24, 2.45) is 0 Å². The number of nitrogens with zero attached hydrogens (tertiary/aromatic N) is 2. The fourth-order valence-electron chi connectivity index (χ4n) is 3.62. The molecule has 4 rings (SSSR count). The van der Waals surface area contributed by atoms with Crippen molar-refractivity contribution in [3.8, 4) is 16.2 Å². The van der Waals surface area contributed by atoms with Crippen molar-refractivity contribution < 1.29 is 27.5 Å². The number of aromatic nitrogens is 2. The van der Waals surface area contributed by atoms with E-state index in [0.717, 1.165) is 0 Å². The molecule has 0 N–H and O–H groups in total. The van der Waals surface area contributed by atoms with Gasteiger partial charge in [-0.2, -0.15) is 0 Å². The zero-order valence-electron chi connectivity index (χ0n) is 15.9. The van der Waals surface area contributed by atoms with Crippen molar-refractivity contribution in [3.05, 3.63) is 59.5 Å². The Morgan fingerprint density at radius 2 is 2.10 bits per heavy atom. The average Bonchev–Trinajstić information content (AvgIpc) is 3.34. The largest absolute Gasteiger partial charge is 0.573 e. The number of rotatable bonds is 5. The third-order valence-corrected chi connectivity index (χ3v) is 6.27. The summed E-state index contributed by atoms with van der Waals surface area (Å²) in [7, 11) is 0. The molecule has 0 saturated heterocycles. The number of ketones is 2. The third-order valence-electron chi connectivity index (χ3n) is 5.22. The van der Waals surface area contributed by atoms with Crippen LogP contribution in [0.3, 0.4) is 0 Å². The molecule has 0 spiro atoms. The van der Waals surface area contributed by atoms with Crippen molar-refractivity contribution in [3.63, 3.8) is 0 Å². The second-order valence-corrected chi connectivity index (χ2v) is 8.37. The minimum absolute atomic E-state index is 0.0165. The Bertz CT molecular complexity index is 1120. The molecule has 5 nitrogen and oxygen atoms in total. The molecule has 1 aliphatic rings. The van der Waals surface area contributed by atoms with Crippen LogP contribution in [0.25, 0.3) is 10.4 Å². The lowest BCUT2D eigenvalue weighted by atomic mass is 9.84. The van der Waals surface area contributed by atoms with Crippen molar-refractivity contribution in [2.75, 3.05) is 0 Å². The van der Waals surface area contributed by atoms with Crippen LogP contribution in [0.15, 0.2) is 48.8 Å². The van der Waals surface area contributed by atoms with Crippen LogP contribution in [0, 0.1) is 0 Å². The van der Waals surface area contributed by atoms with Crippen LogP contribution in [0.2, 0.25) is 0 Å². The number of carbonyl (C=O) groups is 2. The summed E-state index contributed by atoms with van der Waals surface area (Å²) < 4.78 is 43.0. The molecule has 3 aromatic rings. The first kappa shape index (κ1) is 20.3. The van der Waals surface area contributed by atoms with Crippen LogP contribution in [0.5, 0.6) is 5.75 Å². The van der Waals surface area contributed by atoms with Crippen LogP contribution in [0.4, 0.5) is 13.2 Å². The highest BCUT2D eigenvalue weighted by Crippen LogP contribution is 2.35. The number of thiazole rings is 1. The molecule has 1 atom stereocenters. The van der Waals surface area contributed by atoms with Crippen LogP contribution in [0.1, 0.15) is 35.3 Å². The lowest BCUT2D eigenvalue weighted by Gasteiger charge is -2.34. The molecular weight excluding hydrogens is 417 g/mol. The number of alkyl halides is 3. The lowest BCUT2D eigenvalue weighted by molar-refractivity contribution is -0.274. The van der Waals surface area contributed by atoms with E-state index < -0.39 is 11.9 Å². The Labute approximate surface area is 174 Å². The van der Waals surface area contributed by atoms with E-state index in [1.54, 1.807) is 29.0 Å². The first-order chi connectivity index (χ1) is 14.2. The highest BCUT2D eigenvalue weighted by molar-refractivity contribution is 7.15. The monoisotopic (exact) mass is 434 g/mol. The van der Waals surface area contributed by atoms with Gasteiger partial charge in [-0.3, -0.25) is 9.59 Å². The molecule has 0 radical (unpaired) electrons. The van der Waals surface area contributed by atoms with Crippen molar-refractivity contribution in [2.45, 2.75) is 38.1 Å². The number of halogens is 3. The maximum Gasteiger partial charge on any atom is 0.573 e. The van der Waals surface area contributed by atoms with E-state index in [2.05, 4.69) is 9.72 Å². The number of carbonyl (C=O) groups excluding carboxylic acids is 2. The Morgan fingerprint density at radius 3 is 2.87 bits per heavy atom. The summed E-state index contributed by atoms with van der Waals surface area (Å²) in [6.45, 7) is 1.82. The van der Waals surface area contributed by atoms with Gasteiger partial charge in [0.05, 0.1) is 17.0 Å². The first-order valence-electron chi connectivity index (χ1n) is 9.21. The maximum atomic E-state index is 13.1. The van der Waals surface area contributed by atoms with Gasteiger partial charge in [-0.1, -0.05) is 12.1 Å². The molecule has 0 bridgehead atoms. The van der Waals surface area contributed by atoms with Gasteiger partial charge in [-0.25, -0.2) is 4.98 Å². The number of hydrogen-bond acceptors (Lipinski definition) is 5. The highest BCUT2D eigenvalue weighted by Gasteiger charge is 2.40. The average molecular weight is 434 g/mol. The Hall–Kier alpha value is -2.94. The zero-order chi connectivity index (χ0) is 21.5. The fourth-order valence-corrected chi connectivity index (χ4v) is 4.53. The summed E-state index contributed by atoms with van der Waals surface area (Å²) in [5, 5.41) is 0.559. The molecule has 30 heavy (non-hydrogen) atoms. The van der Waals surface area contributed by atoms with Gasteiger partial charge >= 0.3 is 6.36 Å². The summed E-state index contributed by atoms with van der Waals surface area (Å²) in [6, 6.07) is 9.10. The fraction of sp³-hybridized carbons (Fsp3) is 0.286. The quantitative estimate of drug-likeness (QED) is 0.566. The number of ether oxygens (including phenoxy) is 1. The summed E-state index contributed by atoms with van der Waals surface area (Å²) >= 11 is 1.24. The lowest BCUT2D eigenvalue weighted by Crippen LogP contribution is -2.44. The Kier molecular flexibility index (Phi) is 5.01. The third kappa shape index (κ3) is 3.89. The second-order valence-electron chi connectivity index (χ2n) is 7.25. The Balaban J connectivity index is 1.53. The minimum atomic E-state index is -4.77. The molecule has 3 heterocycles. The van der Waals surface area contributed by atoms with Crippen LogP contribution in [-0.4, -0.2) is 27.5 Å². The zero-order valence-corrected chi connectivity index (χ0v) is 16.7. The summed E-state index contributed by atoms with van der Waals surface area (Å²) in [5.74, 6) is -0.365. The van der Waals surface area contributed by atoms with Gasteiger partial charge in [0.1, 0.15) is 16.3 Å². The van der Waals surface area contributed by atoms with E-state index in [9.17, 15) is 22.8 Å². The smallest absolute Gasteiger partial charge is 0.406 e. The summed E-state index contributed by atoms with van der Waals surface area (Å²) in [5.41, 5.74) is 0.215. The number of Topliss-reactive ketones (excluding diaryl/α,β-unsaturated/α-hetero) is 2. The van der Waals surface area contributed by atoms with Gasteiger partial charge in [-0.05, 0) is 43.2 Å². The standard InChI is InChI=1S/C21H17F3N2O3S/c1-20(8-7-16(27)15-6-3-9-26(15)20)18(28)11-19-25-12-17(30-19)13-4-2-5-14(10-13)29-21(22,23)24/h2-6,9-10,12H,7-8,11H2,1H3. The number of fused-ring (bicyclic) bond motifs is 1. The normalized spacial score (nSPS) is 18.9. The molecule has 0 fully saturated rings. The molecule has 9 heteroatoms. The van der Waals surface area contributed by atoms with Crippen LogP contribution < -0.4 is 4.74 Å². The van der Waals surface area contributed by atoms with E-state index >= 15 is 0 Å². The summed E-state index contributed by atoms with van der Waals surface area (Å²) in [6.07, 6.45) is -0.690. The van der Waals surface area contributed by atoms with Crippen LogP contribution >= 0.6 is 11.3 Å². The molecule has 0 saturated carbocycles. The minimum Gasteiger partial charge on any atom is -0.406 e. The van der Waals surface area contributed by atoms with Crippen molar-refractivity contribution >= 4 is 22.9 Å². The molecule has 1 aromatic carbocycles. The number of benzene rings is 1. The van der Waals surface area contributed by atoms with E-state index in [1.807, 2.05) is 6.92 Å². The van der Waals surface area contributed by atoms with E-state index in [0.29, 0.717) is 34.0 Å². The van der Waals surface area contributed by atoms with E-state index in [-0.39, 0.29) is 23.7 Å². The predicted molar refractivity (Wildman–Crippen MR) is 105 cm³/mol. The molecular formula is C21H17F3N2O3S. The van der Waals surface area contributed by atoms with Gasteiger partial charge < -0.3 is 9.30 Å². The van der Waals surface area contributed by atoms with Crippen molar-refractivity contribution in [1.82, 2.24) is 9.55 Å². The predicted octanol–water partition coefficient (Wildman–Crippen LogP) is 5.01. The van der Waals surface area contributed by atoms with Crippen LogP contribution in [-0.2, 0) is 16.8 Å². The Morgan fingerprint density at radius 1 is 1.30 bits per heavy atom.